The molecule has 1 saturated heterocycles. The van der Waals surface area contributed by atoms with Gasteiger partial charge in [0.2, 0.25) is 11.8 Å². The van der Waals surface area contributed by atoms with E-state index >= 15 is 0 Å². The molecular formula is C13H15IN2O2. The Morgan fingerprint density at radius 1 is 1.50 bits per heavy atom. The summed E-state index contributed by atoms with van der Waals surface area (Å²) in [5, 5.41) is 5.65. The fourth-order valence-electron chi connectivity index (χ4n) is 1.96. The molecule has 2 amide bonds. The van der Waals surface area contributed by atoms with E-state index in [1.807, 2.05) is 25.1 Å². The number of piperidine rings is 1. The zero-order chi connectivity index (χ0) is 13.1. The Balaban J connectivity index is 2.00. The molecule has 1 atom stereocenters. The molecule has 0 bridgehead atoms. The highest BCUT2D eigenvalue weighted by Gasteiger charge is 2.24. The van der Waals surface area contributed by atoms with Crippen LogP contribution in [0.5, 0.6) is 0 Å². The Morgan fingerprint density at radius 2 is 2.28 bits per heavy atom. The lowest BCUT2D eigenvalue weighted by molar-refractivity contribution is -0.126. The highest BCUT2D eigenvalue weighted by molar-refractivity contribution is 14.1. The van der Waals surface area contributed by atoms with Crippen molar-refractivity contribution in [1.82, 2.24) is 5.32 Å². The van der Waals surface area contributed by atoms with Crippen molar-refractivity contribution >= 4 is 40.1 Å². The van der Waals surface area contributed by atoms with E-state index in [4.69, 9.17) is 0 Å². The number of amides is 2. The molecule has 0 radical (unpaired) electrons. The van der Waals surface area contributed by atoms with Crippen LogP contribution in [0.2, 0.25) is 0 Å². The minimum absolute atomic E-state index is 0.0145. The van der Waals surface area contributed by atoms with E-state index in [9.17, 15) is 9.59 Å². The summed E-state index contributed by atoms with van der Waals surface area (Å²) < 4.78 is 1.15. The fourth-order valence-corrected chi connectivity index (χ4v) is 2.61. The lowest BCUT2D eigenvalue weighted by atomic mass is 9.98. The van der Waals surface area contributed by atoms with E-state index in [0.29, 0.717) is 19.4 Å². The number of hydrogen-bond acceptors (Lipinski definition) is 2. The third-order valence-corrected chi connectivity index (χ3v) is 3.75. The number of rotatable bonds is 2. The molecule has 1 aromatic rings. The quantitative estimate of drug-likeness (QED) is 0.796. The largest absolute Gasteiger partial charge is 0.355 e. The summed E-state index contributed by atoms with van der Waals surface area (Å²) in [5.41, 5.74) is 1.90. The van der Waals surface area contributed by atoms with Gasteiger partial charge in [0.05, 0.1) is 5.92 Å². The van der Waals surface area contributed by atoms with Crippen LogP contribution in [0.1, 0.15) is 18.4 Å². The van der Waals surface area contributed by atoms with Gasteiger partial charge >= 0.3 is 0 Å². The Kier molecular flexibility index (Phi) is 4.21. The highest BCUT2D eigenvalue weighted by atomic mass is 127. The number of aryl methyl sites for hydroxylation is 1. The lowest BCUT2D eigenvalue weighted by Crippen LogP contribution is -2.40. The Hall–Kier alpha value is -1.11. The van der Waals surface area contributed by atoms with Crippen LogP contribution in [0.4, 0.5) is 5.69 Å². The average molecular weight is 358 g/mol. The van der Waals surface area contributed by atoms with E-state index in [0.717, 1.165) is 14.8 Å². The van der Waals surface area contributed by atoms with Gasteiger partial charge in [0, 0.05) is 22.2 Å². The second-order valence-electron chi connectivity index (χ2n) is 4.49. The van der Waals surface area contributed by atoms with Gasteiger partial charge in [-0.25, -0.2) is 0 Å². The molecule has 1 heterocycles. The van der Waals surface area contributed by atoms with Crippen LogP contribution in [0.15, 0.2) is 18.2 Å². The number of hydrogen-bond donors (Lipinski definition) is 2. The Morgan fingerprint density at radius 3 is 2.89 bits per heavy atom. The minimum atomic E-state index is -0.124. The molecule has 4 nitrogen and oxygen atoms in total. The first-order valence-electron chi connectivity index (χ1n) is 5.90. The molecule has 96 valence electrons. The minimum Gasteiger partial charge on any atom is -0.355 e. The summed E-state index contributed by atoms with van der Waals surface area (Å²) in [6.45, 7) is 2.41. The first-order valence-corrected chi connectivity index (χ1v) is 6.98. The molecule has 0 aliphatic carbocycles. The van der Waals surface area contributed by atoms with E-state index < -0.39 is 0 Å². The van der Waals surface area contributed by atoms with Gasteiger partial charge in [0.1, 0.15) is 0 Å². The topological polar surface area (TPSA) is 58.2 Å². The predicted molar refractivity (Wildman–Crippen MR) is 78.3 cm³/mol. The zero-order valence-corrected chi connectivity index (χ0v) is 12.3. The normalized spacial score (nSPS) is 19.2. The number of nitrogens with one attached hydrogen (secondary N) is 2. The number of anilines is 1. The molecule has 1 aliphatic heterocycles. The zero-order valence-electron chi connectivity index (χ0n) is 10.1. The van der Waals surface area contributed by atoms with Gasteiger partial charge in [-0.1, -0.05) is 0 Å². The maximum atomic E-state index is 12.0. The maximum absolute atomic E-state index is 12.0. The van der Waals surface area contributed by atoms with Crippen molar-refractivity contribution in [2.75, 3.05) is 11.9 Å². The summed E-state index contributed by atoms with van der Waals surface area (Å²) in [6.07, 6.45) is 1.06. The van der Waals surface area contributed by atoms with Gasteiger partial charge in [0.15, 0.2) is 0 Å². The van der Waals surface area contributed by atoms with Gasteiger partial charge < -0.3 is 10.6 Å². The molecule has 0 spiro atoms. The molecule has 2 N–H and O–H groups in total. The van der Waals surface area contributed by atoms with Gasteiger partial charge in [-0.2, -0.15) is 0 Å². The monoisotopic (exact) mass is 358 g/mol. The van der Waals surface area contributed by atoms with Crippen molar-refractivity contribution in [2.45, 2.75) is 19.8 Å². The number of benzene rings is 1. The van der Waals surface area contributed by atoms with Crippen LogP contribution >= 0.6 is 22.6 Å². The summed E-state index contributed by atoms with van der Waals surface area (Å²) in [6, 6.07) is 5.90. The van der Waals surface area contributed by atoms with Crippen LogP contribution in [-0.2, 0) is 9.59 Å². The standard InChI is InChI=1S/C13H15IN2O2/c1-8-6-10(14)3-4-11(8)16-13(18)9-2-5-12(17)15-7-9/h3-4,6,9H,2,5,7H2,1H3,(H,15,17)(H,16,18). The fraction of sp³-hybridized carbons (Fsp3) is 0.385. The van der Waals surface area contributed by atoms with Crippen molar-refractivity contribution < 1.29 is 9.59 Å². The van der Waals surface area contributed by atoms with E-state index in [-0.39, 0.29) is 17.7 Å². The van der Waals surface area contributed by atoms with Crippen molar-refractivity contribution in [3.8, 4) is 0 Å². The molecule has 18 heavy (non-hydrogen) atoms. The van der Waals surface area contributed by atoms with Gasteiger partial charge in [-0.05, 0) is 59.7 Å². The summed E-state index contributed by atoms with van der Waals surface area (Å²) in [4.78, 5) is 23.1. The van der Waals surface area contributed by atoms with Crippen LogP contribution in [0.25, 0.3) is 0 Å². The smallest absolute Gasteiger partial charge is 0.229 e. The highest BCUT2D eigenvalue weighted by Crippen LogP contribution is 2.20. The molecule has 0 saturated carbocycles. The molecule has 1 aromatic carbocycles. The SMILES string of the molecule is Cc1cc(I)ccc1NC(=O)C1CCC(=O)NC1. The van der Waals surface area contributed by atoms with E-state index in [1.165, 1.54) is 0 Å². The Bertz CT molecular complexity index is 478. The number of carbonyl (C=O) groups excluding carboxylic acids is 2. The first-order chi connectivity index (χ1) is 8.56. The van der Waals surface area contributed by atoms with E-state index in [1.54, 1.807) is 0 Å². The molecule has 1 unspecified atom stereocenters. The van der Waals surface area contributed by atoms with Crippen molar-refractivity contribution in [1.29, 1.82) is 0 Å². The van der Waals surface area contributed by atoms with Gasteiger partial charge in [-0.3, -0.25) is 9.59 Å². The molecular weight excluding hydrogens is 343 g/mol. The summed E-state index contributed by atoms with van der Waals surface area (Å²) in [5.74, 6) is -0.106. The average Bonchev–Trinajstić information content (AvgIpc) is 2.33. The van der Waals surface area contributed by atoms with Crippen LogP contribution < -0.4 is 10.6 Å². The van der Waals surface area contributed by atoms with Gasteiger partial charge in [-0.15, -0.1) is 0 Å². The number of halogens is 1. The second kappa shape index (κ2) is 5.69. The van der Waals surface area contributed by atoms with Crippen molar-refractivity contribution in [3.05, 3.63) is 27.3 Å². The second-order valence-corrected chi connectivity index (χ2v) is 5.73. The van der Waals surface area contributed by atoms with Crippen molar-refractivity contribution in [3.63, 3.8) is 0 Å². The van der Waals surface area contributed by atoms with Crippen LogP contribution in [0.3, 0.4) is 0 Å². The lowest BCUT2D eigenvalue weighted by Gasteiger charge is -2.22. The van der Waals surface area contributed by atoms with E-state index in [2.05, 4.69) is 33.2 Å². The van der Waals surface area contributed by atoms with Crippen molar-refractivity contribution in [2.24, 2.45) is 5.92 Å². The molecule has 2 rings (SSSR count). The molecule has 0 aromatic heterocycles. The third kappa shape index (κ3) is 3.22. The summed E-state index contributed by atoms with van der Waals surface area (Å²) >= 11 is 2.24. The van der Waals surface area contributed by atoms with Crippen LogP contribution in [-0.4, -0.2) is 18.4 Å². The Labute approximate surface area is 120 Å². The molecule has 5 heteroatoms. The van der Waals surface area contributed by atoms with Gasteiger partial charge in [0.25, 0.3) is 0 Å². The third-order valence-electron chi connectivity index (χ3n) is 3.08. The first kappa shape index (κ1) is 13.3. The molecule has 1 fully saturated rings. The predicted octanol–water partition coefficient (Wildman–Crippen LogP) is 2.06. The van der Waals surface area contributed by atoms with Crippen LogP contribution in [0, 0.1) is 16.4 Å². The molecule has 1 aliphatic rings. The summed E-state index contributed by atoms with van der Waals surface area (Å²) in [7, 11) is 0. The maximum Gasteiger partial charge on any atom is 0.229 e. The number of carbonyl (C=O) groups is 2.